The number of anilines is 1. The fourth-order valence-corrected chi connectivity index (χ4v) is 7.60. The minimum atomic E-state index is -4.83. The van der Waals surface area contributed by atoms with Gasteiger partial charge in [-0.1, -0.05) is 76.9 Å². The molecule has 3 heterocycles. The van der Waals surface area contributed by atoms with E-state index in [1.165, 1.54) is 86.7 Å². The van der Waals surface area contributed by atoms with Crippen LogP contribution in [0, 0.1) is 28.5 Å². The number of nitrogens with two attached hydrogens (primary N) is 1. The van der Waals surface area contributed by atoms with Crippen molar-refractivity contribution in [2.45, 2.75) is 133 Å². The molecule has 6 atom stereocenters. The number of phosphoric ester groups is 1. The molecule has 0 aliphatic carbocycles. The summed E-state index contributed by atoms with van der Waals surface area (Å²) < 4.78 is 56.3. The summed E-state index contributed by atoms with van der Waals surface area (Å²) in [6, 6.07) is 12.2. The van der Waals surface area contributed by atoms with E-state index in [0.29, 0.717) is 23.4 Å². The molecule has 0 amide bonds. The molecule has 318 valence electrons. The molecule has 5 N–H and O–H groups in total. The molecule has 1 aromatic carbocycles. The van der Waals surface area contributed by atoms with E-state index in [1.807, 2.05) is 12.1 Å². The van der Waals surface area contributed by atoms with Crippen molar-refractivity contribution in [2.24, 2.45) is 0 Å². The Morgan fingerprint density at radius 3 is 2.36 bits per heavy atom. The average molecular weight is 828 g/mol. The van der Waals surface area contributed by atoms with Gasteiger partial charge < -0.3 is 35.1 Å². The Labute approximate surface area is 340 Å². The summed E-state index contributed by atoms with van der Waals surface area (Å²) in [7, 11) is -4.83. The topological polar surface area (TPSA) is 215 Å². The Balaban J connectivity index is 1.21. The van der Waals surface area contributed by atoms with Crippen LogP contribution < -0.4 is 5.73 Å². The van der Waals surface area contributed by atoms with Crippen molar-refractivity contribution in [3.05, 3.63) is 77.4 Å². The van der Waals surface area contributed by atoms with Crippen molar-refractivity contribution in [3.8, 4) is 12.1 Å². The third-order valence-electron chi connectivity index (χ3n) is 10.1. The van der Waals surface area contributed by atoms with E-state index < -0.39 is 56.9 Å². The van der Waals surface area contributed by atoms with Crippen LogP contribution in [0.4, 0.5) is 10.1 Å². The van der Waals surface area contributed by atoms with E-state index in [0.717, 1.165) is 38.2 Å². The van der Waals surface area contributed by atoms with Gasteiger partial charge in [-0.15, -0.1) is 0 Å². The summed E-state index contributed by atoms with van der Waals surface area (Å²) >= 11 is 0. The first-order valence-electron chi connectivity index (χ1n) is 20.4. The number of fused-ring (bicyclic) bond motifs is 1. The number of nitriles is 2. The van der Waals surface area contributed by atoms with Crippen molar-refractivity contribution in [2.75, 3.05) is 32.2 Å². The monoisotopic (exact) mass is 827 g/mol. The maximum atomic E-state index is 14.1. The first-order valence-corrected chi connectivity index (χ1v) is 21.9. The van der Waals surface area contributed by atoms with Gasteiger partial charge in [-0.05, 0) is 74.1 Å². The normalized spacial score (nSPS) is 21.0. The predicted molar refractivity (Wildman–Crippen MR) is 215 cm³/mol. The molecule has 0 bridgehead atoms. The molecule has 1 saturated heterocycles. The Morgan fingerprint density at radius 2 is 1.67 bits per heavy atom. The highest BCUT2D eigenvalue weighted by Crippen LogP contribution is 2.46. The van der Waals surface area contributed by atoms with Gasteiger partial charge in [0, 0.05) is 12.8 Å². The maximum absolute atomic E-state index is 14.1. The van der Waals surface area contributed by atoms with E-state index in [4.69, 9.17) is 29.0 Å². The van der Waals surface area contributed by atoms with Crippen LogP contribution in [0.2, 0.25) is 0 Å². The number of aliphatic hydroxyl groups is 2. The zero-order chi connectivity index (χ0) is 41.8. The van der Waals surface area contributed by atoms with Crippen LogP contribution in [-0.2, 0) is 40.0 Å². The summed E-state index contributed by atoms with van der Waals surface area (Å²) in [4.78, 5) is 10.6. The van der Waals surface area contributed by atoms with Crippen LogP contribution in [0.3, 0.4) is 0 Å². The molecule has 4 rings (SSSR count). The van der Waals surface area contributed by atoms with Crippen LogP contribution in [-0.4, -0.2) is 75.6 Å². The molecule has 1 fully saturated rings. The Kier molecular flexibility index (Phi) is 19.7. The zero-order valence-corrected chi connectivity index (χ0v) is 34.3. The van der Waals surface area contributed by atoms with Crippen LogP contribution in [0.1, 0.15) is 114 Å². The van der Waals surface area contributed by atoms with E-state index in [-0.39, 0.29) is 24.5 Å². The number of hydrogen-bond donors (Lipinski definition) is 4. The molecule has 0 radical (unpaired) electrons. The first kappa shape index (κ1) is 47.0. The summed E-state index contributed by atoms with van der Waals surface area (Å²) in [5.41, 5.74) is 5.28. The largest absolute Gasteiger partial charge is 0.472 e. The molecule has 0 saturated carbocycles. The lowest BCUT2D eigenvalue weighted by atomic mass is 9.92. The zero-order valence-electron chi connectivity index (χ0n) is 33.4. The minimum absolute atomic E-state index is 0.0172. The fraction of sp³-hybridized carbons (Fsp3) is 0.595. The number of allylic oxidation sites excluding steroid dienone is 2. The van der Waals surface area contributed by atoms with E-state index in [1.54, 1.807) is 12.1 Å². The molecule has 0 spiro atoms. The number of halogens is 1. The number of benzene rings is 1. The van der Waals surface area contributed by atoms with Crippen LogP contribution >= 0.6 is 7.82 Å². The molecule has 14 nitrogen and oxygen atoms in total. The molecular formula is C42H59FN5O9P. The number of aliphatic hydroxyl groups excluding tert-OH is 2. The van der Waals surface area contributed by atoms with Crippen molar-refractivity contribution < 1.29 is 47.3 Å². The second kappa shape index (κ2) is 24.4. The van der Waals surface area contributed by atoms with Gasteiger partial charge in [0.2, 0.25) is 5.60 Å². The lowest BCUT2D eigenvalue weighted by molar-refractivity contribution is -0.0690. The van der Waals surface area contributed by atoms with Gasteiger partial charge in [0.25, 0.3) is 0 Å². The SMILES string of the molecule is CCCCCCCC/C=C/CCCCCCCCOC[C@H](COP(=O)(O)OC[C@H]1O[C@@](C#N)(c2ccc3c(N)ccnn23)[C@H](O)[C@@H]1O)OCc1cc(F)cc(C#N)c1. The smallest absolute Gasteiger partial charge is 0.397 e. The number of hydrogen-bond acceptors (Lipinski definition) is 12. The minimum Gasteiger partial charge on any atom is -0.397 e. The number of rotatable bonds is 28. The van der Waals surface area contributed by atoms with Gasteiger partial charge in [0.05, 0.1) is 55.0 Å². The third kappa shape index (κ3) is 14.2. The standard InChI is InChI=1S/C42H59FN5O9P/c1-2-3-4-5-6-7-8-9-10-11-12-13-14-15-16-17-22-53-28-35(54-27-33-23-32(26-44)24-34(43)25-33)29-55-58(51,52)56-30-38-40(49)41(50)42(31-45,57-38)39-19-18-37-36(46)20-21-47-48(37)39/h9-10,18-21,23-25,35,38,40-41,49-50H,2-8,11-17,22,27-30,46H2,1H3,(H,51,52)/b10-9+/t35-,38-,40-,41-,42+/m1/s1. The number of nitrogen functional groups attached to an aromatic ring is 1. The molecule has 2 aromatic heterocycles. The molecule has 16 heteroatoms. The molecule has 1 aliphatic heterocycles. The maximum Gasteiger partial charge on any atom is 0.472 e. The summed E-state index contributed by atoms with van der Waals surface area (Å²) in [5.74, 6) is -0.609. The number of aromatic nitrogens is 2. The lowest BCUT2D eigenvalue weighted by Crippen LogP contribution is -2.41. The first-order chi connectivity index (χ1) is 28.0. The fourth-order valence-electron chi connectivity index (χ4n) is 6.84. The van der Waals surface area contributed by atoms with Crippen LogP contribution in [0.15, 0.2) is 54.7 Å². The van der Waals surface area contributed by atoms with Crippen molar-refractivity contribution >= 4 is 19.0 Å². The Bertz CT molecular complexity index is 1870. The van der Waals surface area contributed by atoms with Gasteiger partial charge in [-0.2, -0.15) is 15.6 Å². The highest BCUT2D eigenvalue weighted by Gasteiger charge is 2.58. The van der Waals surface area contributed by atoms with Crippen molar-refractivity contribution in [1.82, 2.24) is 9.61 Å². The van der Waals surface area contributed by atoms with E-state index in [2.05, 4.69) is 24.2 Å². The van der Waals surface area contributed by atoms with Crippen LogP contribution in [0.25, 0.3) is 5.52 Å². The Morgan fingerprint density at radius 1 is 0.983 bits per heavy atom. The third-order valence-corrected chi connectivity index (χ3v) is 11.0. The van der Waals surface area contributed by atoms with Crippen LogP contribution in [0.5, 0.6) is 0 Å². The van der Waals surface area contributed by atoms with Crippen molar-refractivity contribution in [3.63, 3.8) is 0 Å². The molecular weight excluding hydrogens is 768 g/mol. The van der Waals surface area contributed by atoms with Gasteiger partial charge in [-0.3, -0.25) is 9.05 Å². The molecule has 1 aliphatic rings. The van der Waals surface area contributed by atoms with Gasteiger partial charge in [0.15, 0.2) is 0 Å². The summed E-state index contributed by atoms with van der Waals surface area (Å²) in [5, 5.41) is 45.3. The van der Waals surface area contributed by atoms with Gasteiger partial charge in [-0.25, -0.2) is 13.5 Å². The van der Waals surface area contributed by atoms with Gasteiger partial charge in [0.1, 0.15) is 36.3 Å². The van der Waals surface area contributed by atoms with Gasteiger partial charge >= 0.3 is 7.82 Å². The quantitative estimate of drug-likeness (QED) is 0.0317. The highest BCUT2D eigenvalue weighted by atomic mass is 31.2. The Hall–Kier alpha value is -3.73. The summed E-state index contributed by atoms with van der Waals surface area (Å²) in [6.45, 7) is 1.31. The second-order valence-corrected chi connectivity index (χ2v) is 16.2. The second-order valence-electron chi connectivity index (χ2n) is 14.7. The molecule has 3 aromatic rings. The van der Waals surface area contributed by atoms with E-state index >= 15 is 0 Å². The number of ether oxygens (including phenoxy) is 3. The molecule has 58 heavy (non-hydrogen) atoms. The van der Waals surface area contributed by atoms with Crippen molar-refractivity contribution in [1.29, 1.82) is 10.5 Å². The highest BCUT2D eigenvalue weighted by molar-refractivity contribution is 7.47. The average Bonchev–Trinajstić information content (AvgIpc) is 3.76. The van der Waals surface area contributed by atoms with E-state index in [9.17, 15) is 34.6 Å². The lowest BCUT2D eigenvalue weighted by Gasteiger charge is -2.24. The number of unbranched alkanes of at least 4 members (excludes halogenated alkanes) is 12. The number of phosphoric acid groups is 1. The summed E-state index contributed by atoms with van der Waals surface area (Å²) in [6.07, 6.45) is 16.8. The number of nitrogens with zero attached hydrogens (tertiary/aromatic N) is 4. The molecule has 1 unspecified atom stereocenters. The predicted octanol–water partition coefficient (Wildman–Crippen LogP) is 7.54.